The topological polar surface area (TPSA) is 45.7 Å². The zero-order valence-corrected chi connectivity index (χ0v) is 15.9. The molecule has 5 heteroatoms. The third-order valence-electron chi connectivity index (χ3n) is 5.68. The van der Waals surface area contributed by atoms with E-state index in [9.17, 15) is 4.79 Å². The minimum atomic E-state index is 0.0396. The molecule has 1 amide bonds. The van der Waals surface area contributed by atoms with Crippen LogP contribution in [-0.2, 0) is 17.9 Å². The summed E-state index contributed by atoms with van der Waals surface area (Å²) in [4.78, 5) is 20.7. The second kappa shape index (κ2) is 8.09. The van der Waals surface area contributed by atoms with Crippen LogP contribution < -0.4 is 4.74 Å². The van der Waals surface area contributed by atoms with Crippen LogP contribution in [0.25, 0.3) is 0 Å². The molecular weight excluding hydrogens is 338 g/mol. The van der Waals surface area contributed by atoms with Crippen molar-refractivity contribution in [3.8, 4) is 5.75 Å². The van der Waals surface area contributed by atoms with Gasteiger partial charge in [0.05, 0.1) is 6.54 Å². The van der Waals surface area contributed by atoms with Gasteiger partial charge in [-0.15, -0.1) is 0 Å². The minimum Gasteiger partial charge on any atom is -0.488 e. The van der Waals surface area contributed by atoms with E-state index in [-0.39, 0.29) is 12.0 Å². The normalized spacial score (nSPS) is 23.2. The fourth-order valence-corrected chi connectivity index (χ4v) is 4.21. The molecule has 0 unspecified atom stereocenters. The Morgan fingerprint density at radius 2 is 2.00 bits per heavy atom. The van der Waals surface area contributed by atoms with Gasteiger partial charge >= 0.3 is 0 Å². The Bertz CT molecular complexity index is 780. The highest BCUT2D eigenvalue weighted by molar-refractivity contribution is 5.73. The lowest BCUT2D eigenvalue weighted by Gasteiger charge is -2.37. The number of hydrogen-bond acceptors (Lipinski definition) is 4. The number of carbonyl (C=O) groups is 1. The lowest BCUT2D eigenvalue weighted by Crippen LogP contribution is -2.46. The van der Waals surface area contributed by atoms with E-state index < -0.39 is 0 Å². The second-order valence-corrected chi connectivity index (χ2v) is 7.66. The van der Waals surface area contributed by atoms with E-state index in [1.807, 2.05) is 35.5 Å². The number of aromatic nitrogens is 1. The van der Waals surface area contributed by atoms with Crippen molar-refractivity contribution in [2.45, 2.75) is 39.0 Å². The summed E-state index contributed by atoms with van der Waals surface area (Å²) in [6, 6.07) is 12.3. The number of likely N-dealkylation sites (tertiary alicyclic amines) is 1. The molecule has 2 aromatic rings. The molecular formula is C22H27N3O2. The van der Waals surface area contributed by atoms with Crippen LogP contribution in [0, 0.1) is 5.92 Å². The first kappa shape index (κ1) is 18.0. The number of hydrogen-bond donors (Lipinski definition) is 0. The maximum atomic E-state index is 12.1. The monoisotopic (exact) mass is 365 g/mol. The quantitative estimate of drug-likeness (QED) is 0.838. The van der Waals surface area contributed by atoms with Gasteiger partial charge in [-0.3, -0.25) is 14.7 Å². The van der Waals surface area contributed by atoms with Crippen LogP contribution in [0.2, 0.25) is 0 Å². The molecule has 0 saturated carbocycles. The van der Waals surface area contributed by atoms with Crippen molar-refractivity contribution in [1.82, 2.24) is 14.8 Å². The Morgan fingerprint density at radius 3 is 2.81 bits per heavy atom. The third kappa shape index (κ3) is 4.30. The first-order valence-corrected chi connectivity index (χ1v) is 9.80. The summed E-state index contributed by atoms with van der Waals surface area (Å²) >= 11 is 0. The average Bonchev–Trinajstić information content (AvgIpc) is 2.89. The van der Waals surface area contributed by atoms with Crippen LogP contribution in [0.1, 0.15) is 30.9 Å². The molecule has 1 aromatic heterocycles. The first-order chi connectivity index (χ1) is 13.2. The number of benzene rings is 1. The van der Waals surface area contributed by atoms with Crippen LogP contribution in [0.3, 0.4) is 0 Å². The molecule has 1 aromatic carbocycles. The summed E-state index contributed by atoms with van der Waals surface area (Å²) < 4.78 is 6.44. The van der Waals surface area contributed by atoms with Crippen molar-refractivity contribution < 1.29 is 9.53 Å². The number of amides is 1. The minimum absolute atomic E-state index is 0.0396. The number of carbonyl (C=O) groups excluding carboxylic acids is 1. The van der Waals surface area contributed by atoms with Crippen molar-refractivity contribution >= 4 is 5.91 Å². The van der Waals surface area contributed by atoms with Gasteiger partial charge in [0.25, 0.3) is 0 Å². The van der Waals surface area contributed by atoms with Crippen LogP contribution >= 0.6 is 0 Å². The van der Waals surface area contributed by atoms with Gasteiger partial charge in [0.15, 0.2) is 0 Å². The largest absolute Gasteiger partial charge is 0.488 e. The van der Waals surface area contributed by atoms with Crippen molar-refractivity contribution in [3.63, 3.8) is 0 Å². The molecule has 2 aliphatic rings. The maximum Gasteiger partial charge on any atom is 0.219 e. The van der Waals surface area contributed by atoms with E-state index >= 15 is 0 Å². The molecule has 27 heavy (non-hydrogen) atoms. The molecule has 0 radical (unpaired) electrons. The molecule has 0 spiro atoms. The predicted octanol–water partition coefficient (Wildman–Crippen LogP) is 3.10. The van der Waals surface area contributed by atoms with Crippen LogP contribution in [0.5, 0.6) is 5.75 Å². The zero-order valence-electron chi connectivity index (χ0n) is 15.9. The Morgan fingerprint density at radius 1 is 1.19 bits per heavy atom. The Balaban J connectivity index is 1.50. The number of rotatable bonds is 3. The molecule has 1 fully saturated rings. The molecule has 0 aliphatic carbocycles. The van der Waals surface area contributed by atoms with Gasteiger partial charge in [-0.05, 0) is 43.1 Å². The van der Waals surface area contributed by atoms with Gasteiger partial charge in [0.1, 0.15) is 11.9 Å². The molecule has 142 valence electrons. The molecule has 0 N–H and O–H groups in total. The summed E-state index contributed by atoms with van der Waals surface area (Å²) in [5.41, 5.74) is 2.39. The van der Waals surface area contributed by atoms with Crippen LogP contribution in [-0.4, -0.2) is 46.4 Å². The predicted molar refractivity (Wildman–Crippen MR) is 104 cm³/mol. The number of pyridine rings is 1. The molecule has 4 rings (SSSR count). The maximum absolute atomic E-state index is 12.1. The summed E-state index contributed by atoms with van der Waals surface area (Å²) in [7, 11) is 0. The summed E-state index contributed by atoms with van der Waals surface area (Å²) in [6.45, 7) is 6.01. The van der Waals surface area contributed by atoms with Gasteiger partial charge in [-0.25, -0.2) is 0 Å². The summed E-state index contributed by atoms with van der Waals surface area (Å²) in [6.07, 6.45) is 6.06. The number of ether oxygens (including phenoxy) is 1. The number of fused-ring (bicyclic) bond motifs is 1. The van der Waals surface area contributed by atoms with Gasteiger partial charge in [0, 0.05) is 50.4 Å². The smallest absolute Gasteiger partial charge is 0.219 e. The summed E-state index contributed by atoms with van der Waals surface area (Å²) in [5, 5.41) is 0. The van der Waals surface area contributed by atoms with E-state index in [1.165, 1.54) is 5.56 Å². The van der Waals surface area contributed by atoms with E-state index in [1.54, 1.807) is 6.92 Å². The highest BCUT2D eigenvalue weighted by Crippen LogP contribution is 2.30. The van der Waals surface area contributed by atoms with Crippen molar-refractivity contribution in [1.29, 1.82) is 0 Å². The van der Waals surface area contributed by atoms with Gasteiger partial charge < -0.3 is 9.64 Å². The molecule has 0 bridgehead atoms. The second-order valence-electron chi connectivity index (χ2n) is 7.66. The van der Waals surface area contributed by atoms with E-state index in [2.05, 4.69) is 28.1 Å². The zero-order chi connectivity index (χ0) is 18.6. The molecule has 5 nitrogen and oxygen atoms in total. The highest BCUT2D eigenvalue weighted by Gasteiger charge is 2.33. The Hall–Kier alpha value is -2.40. The number of para-hydroxylation sites is 1. The Kier molecular flexibility index (Phi) is 5.39. The van der Waals surface area contributed by atoms with Gasteiger partial charge in [0.2, 0.25) is 5.91 Å². The van der Waals surface area contributed by atoms with Crippen LogP contribution in [0.15, 0.2) is 48.8 Å². The van der Waals surface area contributed by atoms with Crippen molar-refractivity contribution in [2.75, 3.05) is 19.6 Å². The van der Waals surface area contributed by atoms with Gasteiger partial charge in [-0.2, -0.15) is 0 Å². The lowest BCUT2D eigenvalue weighted by molar-refractivity contribution is -0.130. The highest BCUT2D eigenvalue weighted by atomic mass is 16.5. The fourth-order valence-electron chi connectivity index (χ4n) is 4.21. The van der Waals surface area contributed by atoms with Crippen molar-refractivity contribution in [2.24, 2.45) is 5.92 Å². The van der Waals surface area contributed by atoms with Gasteiger partial charge in [-0.1, -0.05) is 18.2 Å². The molecule has 2 aliphatic heterocycles. The van der Waals surface area contributed by atoms with Crippen LogP contribution in [0.4, 0.5) is 0 Å². The molecule has 3 heterocycles. The number of piperidine rings is 1. The SMILES string of the molecule is CC(=O)N1Cc2ccccc2O[C@H]([C@H]2CCCN(Cc3ccncc3)C2)C1. The van der Waals surface area contributed by atoms with Crippen molar-refractivity contribution in [3.05, 3.63) is 59.9 Å². The lowest BCUT2D eigenvalue weighted by atomic mass is 9.91. The first-order valence-electron chi connectivity index (χ1n) is 9.80. The molecule has 1 saturated heterocycles. The van der Waals surface area contributed by atoms with E-state index in [0.29, 0.717) is 19.0 Å². The standard InChI is InChI=1S/C22H27N3O2/c1-17(26)25-15-20-5-2-3-7-21(20)27-22(16-25)19-6-4-12-24(14-19)13-18-8-10-23-11-9-18/h2-3,5,7-11,19,22H,4,6,12-16H2,1H3/t19-,22-/m0/s1. The third-order valence-corrected chi connectivity index (χ3v) is 5.68. The van der Waals surface area contributed by atoms with E-state index in [4.69, 9.17) is 4.74 Å². The number of nitrogens with zero attached hydrogens (tertiary/aromatic N) is 3. The summed E-state index contributed by atoms with van der Waals surface area (Å²) in [5.74, 6) is 1.47. The average molecular weight is 365 g/mol. The fraction of sp³-hybridized carbons (Fsp3) is 0.455. The molecule has 2 atom stereocenters. The van der Waals surface area contributed by atoms with E-state index in [0.717, 1.165) is 43.8 Å². The Labute approximate surface area is 161 Å².